The fourth-order valence-corrected chi connectivity index (χ4v) is 1.67. The monoisotopic (exact) mass is 300 g/mol. The summed E-state index contributed by atoms with van der Waals surface area (Å²) in [6.07, 6.45) is -0.0809. The highest BCUT2D eigenvalue weighted by Crippen LogP contribution is 2.17. The minimum atomic E-state index is -0.413. The minimum Gasteiger partial charge on any atom is -0.463 e. The molecule has 3 N–H and O–H groups in total. The Morgan fingerprint density at radius 3 is 2.35 bits per heavy atom. The molecule has 1 unspecified atom stereocenters. The van der Waals surface area contributed by atoms with Gasteiger partial charge in [0.1, 0.15) is 0 Å². The van der Waals surface area contributed by atoms with E-state index < -0.39 is 6.04 Å². The Bertz CT molecular complexity index is 424. The van der Waals surface area contributed by atoms with Gasteiger partial charge >= 0.3 is 5.97 Å². The van der Waals surface area contributed by atoms with E-state index in [0.29, 0.717) is 0 Å². The second kappa shape index (κ2) is 9.34. The molecule has 1 amide bonds. The highest BCUT2D eigenvalue weighted by Gasteiger charge is 2.19. The number of nitrogens with one attached hydrogen (secondary N) is 1. The molecule has 1 atom stereocenters. The lowest BCUT2D eigenvalue weighted by Gasteiger charge is -2.19. The molecule has 1 aromatic carbocycles. The molecule has 0 bridgehead atoms. The molecular formula is C14H21ClN2O3. The Labute approximate surface area is 125 Å². The number of amides is 1. The first kappa shape index (κ1) is 18.4. The summed E-state index contributed by atoms with van der Waals surface area (Å²) in [5.74, 6) is -0.646. The number of hydrogen-bond donors (Lipinski definition) is 2. The Kier molecular flexibility index (Phi) is 8.59. The zero-order valence-electron chi connectivity index (χ0n) is 11.7. The lowest BCUT2D eigenvalue weighted by atomic mass is 10.0. The quantitative estimate of drug-likeness (QED) is 0.781. The third-order valence-corrected chi connectivity index (χ3v) is 2.46. The van der Waals surface area contributed by atoms with Gasteiger partial charge in [-0.2, -0.15) is 0 Å². The molecule has 0 spiro atoms. The zero-order chi connectivity index (χ0) is 14.3. The summed E-state index contributed by atoms with van der Waals surface area (Å²) >= 11 is 0. The van der Waals surface area contributed by atoms with Crippen molar-refractivity contribution in [1.29, 1.82) is 0 Å². The Morgan fingerprint density at radius 1 is 1.25 bits per heavy atom. The number of rotatable bonds is 6. The van der Waals surface area contributed by atoms with Crippen LogP contribution in [-0.2, 0) is 14.3 Å². The van der Waals surface area contributed by atoms with E-state index >= 15 is 0 Å². The first-order chi connectivity index (χ1) is 9.02. The molecule has 0 saturated carbocycles. The van der Waals surface area contributed by atoms with Crippen LogP contribution in [0, 0.1) is 0 Å². The standard InChI is InChI=1S/C14H20N2O3.ClH/c1-10(2)19-14(18)8-12(16-13(17)9-15)11-6-4-3-5-7-11;/h3-7,10,12H,8-9,15H2,1-2H3,(H,16,17);1H. The average molecular weight is 301 g/mol. The molecule has 0 aliphatic rings. The van der Waals surface area contributed by atoms with Gasteiger partial charge in [0.15, 0.2) is 0 Å². The van der Waals surface area contributed by atoms with Crippen LogP contribution in [0.2, 0.25) is 0 Å². The highest BCUT2D eigenvalue weighted by atomic mass is 35.5. The molecule has 0 aromatic heterocycles. The van der Waals surface area contributed by atoms with E-state index in [2.05, 4.69) is 5.32 Å². The van der Waals surface area contributed by atoms with Gasteiger partial charge in [0.25, 0.3) is 0 Å². The molecule has 20 heavy (non-hydrogen) atoms. The van der Waals surface area contributed by atoms with Gasteiger partial charge in [0.05, 0.1) is 25.1 Å². The summed E-state index contributed by atoms with van der Waals surface area (Å²) in [5, 5.41) is 2.72. The van der Waals surface area contributed by atoms with Crippen LogP contribution in [-0.4, -0.2) is 24.5 Å². The lowest BCUT2D eigenvalue weighted by molar-refractivity contribution is -0.148. The molecule has 0 radical (unpaired) electrons. The SMILES string of the molecule is CC(C)OC(=O)CC(NC(=O)CN)c1ccccc1.Cl. The van der Waals surface area contributed by atoms with Crippen molar-refractivity contribution in [2.75, 3.05) is 6.54 Å². The van der Waals surface area contributed by atoms with Gasteiger partial charge in [-0.1, -0.05) is 30.3 Å². The topological polar surface area (TPSA) is 81.4 Å². The number of carbonyl (C=O) groups is 2. The van der Waals surface area contributed by atoms with Crippen LogP contribution >= 0.6 is 12.4 Å². The van der Waals surface area contributed by atoms with Gasteiger partial charge in [-0.15, -0.1) is 12.4 Å². The number of carbonyl (C=O) groups excluding carboxylic acids is 2. The van der Waals surface area contributed by atoms with E-state index in [1.165, 1.54) is 0 Å². The predicted octanol–water partition coefficient (Wildman–Crippen LogP) is 1.57. The lowest BCUT2D eigenvalue weighted by Crippen LogP contribution is -2.35. The first-order valence-corrected chi connectivity index (χ1v) is 6.26. The van der Waals surface area contributed by atoms with Crippen LogP contribution in [0.15, 0.2) is 30.3 Å². The third kappa shape index (κ3) is 6.54. The Balaban J connectivity index is 0.00000361. The number of benzene rings is 1. The van der Waals surface area contributed by atoms with Crippen molar-refractivity contribution in [1.82, 2.24) is 5.32 Å². The maximum atomic E-state index is 11.7. The average Bonchev–Trinajstić information content (AvgIpc) is 2.37. The van der Waals surface area contributed by atoms with Crippen molar-refractivity contribution >= 4 is 24.3 Å². The Morgan fingerprint density at radius 2 is 1.85 bits per heavy atom. The van der Waals surface area contributed by atoms with Crippen molar-refractivity contribution in [3.63, 3.8) is 0 Å². The highest BCUT2D eigenvalue weighted by molar-refractivity contribution is 5.85. The van der Waals surface area contributed by atoms with Crippen LogP contribution in [0.25, 0.3) is 0 Å². The number of halogens is 1. The van der Waals surface area contributed by atoms with Gasteiger partial charge < -0.3 is 15.8 Å². The number of hydrogen-bond acceptors (Lipinski definition) is 4. The van der Waals surface area contributed by atoms with E-state index in [1.54, 1.807) is 13.8 Å². The van der Waals surface area contributed by atoms with Crippen molar-refractivity contribution in [3.05, 3.63) is 35.9 Å². The number of nitrogens with two attached hydrogens (primary N) is 1. The van der Waals surface area contributed by atoms with E-state index in [9.17, 15) is 9.59 Å². The number of ether oxygens (including phenoxy) is 1. The predicted molar refractivity (Wildman–Crippen MR) is 79.5 cm³/mol. The van der Waals surface area contributed by atoms with Gasteiger partial charge in [0, 0.05) is 0 Å². The molecule has 0 aliphatic carbocycles. The second-order valence-corrected chi connectivity index (χ2v) is 4.48. The first-order valence-electron chi connectivity index (χ1n) is 6.26. The van der Waals surface area contributed by atoms with Crippen molar-refractivity contribution in [2.24, 2.45) is 5.73 Å². The fraction of sp³-hybridized carbons (Fsp3) is 0.429. The largest absolute Gasteiger partial charge is 0.463 e. The van der Waals surface area contributed by atoms with Crippen LogP contribution in [0.4, 0.5) is 0 Å². The van der Waals surface area contributed by atoms with Crippen LogP contribution in [0.1, 0.15) is 31.9 Å². The molecule has 112 valence electrons. The van der Waals surface area contributed by atoms with Gasteiger partial charge in [0.2, 0.25) is 5.91 Å². The smallest absolute Gasteiger partial charge is 0.308 e. The van der Waals surface area contributed by atoms with Gasteiger partial charge in [-0.3, -0.25) is 9.59 Å². The molecule has 0 saturated heterocycles. The Hall–Kier alpha value is -1.59. The molecule has 1 aromatic rings. The molecule has 5 nitrogen and oxygen atoms in total. The van der Waals surface area contributed by atoms with Gasteiger partial charge in [-0.05, 0) is 19.4 Å². The summed E-state index contributed by atoms with van der Waals surface area (Å²) in [4.78, 5) is 23.1. The van der Waals surface area contributed by atoms with E-state index in [4.69, 9.17) is 10.5 Å². The molecule has 6 heteroatoms. The second-order valence-electron chi connectivity index (χ2n) is 4.48. The van der Waals surface area contributed by atoms with Gasteiger partial charge in [-0.25, -0.2) is 0 Å². The van der Waals surface area contributed by atoms with Crippen molar-refractivity contribution in [3.8, 4) is 0 Å². The fourth-order valence-electron chi connectivity index (χ4n) is 1.67. The normalized spacial score (nSPS) is 11.4. The summed E-state index contributed by atoms with van der Waals surface area (Å²) < 4.78 is 5.10. The molecule has 0 fully saturated rings. The molecule has 1 rings (SSSR count). The number of esters is 1. The van der Waals surface area contributed by atoms with Crippen LogP contribution in [0.5, 0.6) is 0 Å². The van der Waals surface area contributed by atoms with Crippen molar-refractivity contribution in [2.45, 2.75) is 32.4 Å². The summed E-state index contributed by atoms with van der Waals surface area (Å²) in [7, 11) is 0. The molecular weight excluding hydrogens is 280 g/mol. The molecule has 0 aliphatic heterocycles. The van der Waals surface area contributed by atoms with Crippen molar-refractivity contribution < 1.29 is 14.3 Å². The minimum absolute atomic E-state index is 0. The van der Waals surface area contributed by atoms with Crippen LogP contribution in [0.3, 0.4) is 0 Å². The summed E-state index contributed by atoms with van der Waals surface area (Å²) in [5.41, 5.74) is 6.13. The maximum absolute atomic E-state index is 11.7. The van der Waals surface area contributed by atoms with E-state index in [0.717, 1.165) is 5.56 Å². The maximum Gasteiger partial charge on any atom is 0.308 e. The van der Waals surface area contributed by atoms with Crippen LogP contribution < -0.4 is 11.1 Å². The molecule has 0 heterocycles. The zero-order valence-corrected chi connectivity index (χ0v) is 12.5. The third-order valence-electron chi connectivity index (χ3n) is 2.46. The summed E-state index contributed by atoms with van der Waals surface area (Å²) in [6, 6.07) is 8.87. The van der Waals surface area contributed by atoms with E-state index in [1.807, 2.05) is 30.3 Å². The summed E-state index contributed by atoms with van der Waals surface area (Å²) in [6.45, 7) is 3.46. The van der Waals surface area contributed by atoms with E-state index in [-0.39, 0.29) is 43.4 Å².